The number of rotatable bonds is 10. The van der Waals surface area contributed by atoms with Gasteiger partial charge in [-0.1, -0.05) is 45.4 Å². The van der Waals surface area contributed by atoms with Crippen LogP contribution in [0.15, 0.2) is 12.4 Å². The summed E-state index contributed by atoms with van der Waals surface area (Å²) in [7, 11) is 0. The lowest BCUT2D eigenvalue weighted by molar-refractivity contribution is 0.264. The van der Waals surface area contributed by atoms with Crippen LogP contribution in [0.4, 0.5) is 0 Å². The molecule has 0 amide bonds. The Hall–Kier alpha value is -0.700. The number of hydrogen-bond donors (Lipinski definition) is 2. The molecule has 1 heterocycles. The molecule has 1 unspecified atom stereocenters. The fourth-order valence-corrected chi connectivity index (χ4v) is 2.37. The third-order valence-electron chi connectivity index (χ3n) is 3.42. The van der Waals surface area contributed by atoms with E-state index in [0.29, 0.717) is 6.17 Å². The van der Waals surface area contributed by atoms with Gasteiger partial charge in [-0.25, -0.2) is 0 Å². The third-order valence-corrected chi connectivity index (χ3v) is 3.42. The van der Waals surface area contributed by atoms with Gasteiger partial charge in [-0.2, -0.15) is 0 Å². The van der Waals surface area contributed by atoms with Crippen molar-refractivity contribution in [2.75, 3.05) is 13.1 Å². The molecule has 0 aliphatic carbocycles. The van der Waals surface area contributed by atoms with Gasteiger partial charge in [0, 0.05) is 25.5 Å². The summed E-state index contributed by atoms with van der Waals surface area (Å²) < 4.78 is 0. The summed E-state index contributed by atoms with van der Waals surface area (Å²) in [6.07, 6.45) is 15.6. The minimum absolute atomic E-state index is 0.495. The fourth-order valence-electron chi connectivity index (χ4n) is 2.37. The number of nitrogens with zero attached hydrogens (tertiary/aromatic N) is 1. The number of nitrogens with one attached hydrogen (secondary N) is 1. The Labute approximate surface area is 106 Å². The van der Waals surface area contributed by atoms with Crippen LogP contribution in [0.5, 0.6) is 0 Å². The first-order chi connectivity index (χ1) is 8.38. The standard InChI is InChI=1S/C14H29N3/c1-2-3-4-5-6-7-8-9-14-16-11-13-17(14)12-10-15/h11,13-14,16H,2-10,12,15H2,1H3. The Kier molecular flexibility index (Phi) is 7.89. The first-order valence-corrected chi connectivity index (χ1v) is 7.27. The van der Waals surface area contributed by atoms with Crippen molar-refractivity contribution in [1.29, 1.82) is 0 Å². The summed E-state index contributed by atoms with van der Waals surface area (Å²) in [6.45, 7) is 3.97. The molecule has 1 atom stereocenters. The molecular formula is C14H29N3. The van der Waals surface area contributed by atoms with Gasteiger partial charge in [0.1, 0.15) is 0 Å². The van der Waals surface area contributed by atoms with E-state index in [1.807, 2.05) is 6.20 Å². The summed E-state index contributed by atoms with van der Waals surface area (Å²) >= 11 is 0. The van der Waals surface area contributed by atoms with Crippen LogP contribution in [0.25, 0.3) is 0 Å². The monoisotopic (exact) mass is 239 g/mol. The topological polar surface area (TPSA) is 41.3 Å². The molecule has 0 spiro atoms. The Bertz CT molecular complexity index is 204. The van der Waals surface area contributed by atoms with E-state index < -0.39 is 0 Å². The molecule has 0 aromatic carbocycles. The first-order valence-electron chi connectivity index (χ1n) is 7.27. The highest BCUT2D eigenvalue weighted by Crippen LogP contribution is 2.14. The molecule has 0 aromatic heterocycles. The van der Waals surface area contributed by atoms with E-state index >= 15 is 0 Å². The lowest BCUT2D eigenvalue weighted by Gasteiger charge is -2.25. The van der Waals surface area contributed by atoms with Crippen LogP contribution < -0.4 is 11.1 Å². The van der Waals surface area contributed by atoms with Crippen molar-refractivity contribution in [3.63, 3.8) is 0 Å². The van der Waals surface area contributed by atoms with Crippen molar-refractivity contribution in [2.24, 2.45) is 5.73 Å². The van der Waals surface area contributed by atoms with E-state index in [2.05, 4.69) is 23.3 Å². The Morgan fingerprint density at radius 2 is 1.82 bits per heavy atom. The molecule has 100 valence electrons. The van der Waals surface area contributed by atoms with Crippen LogP contribution in [-0.2, 0) is 0 Å². The summed E-state index contributed by atoms with van der Waals surface area (Å²) in [4.78, 5) is 2.32. The molecule has 1 aliphatic heterocycles. The third kappa shape index (κ3) is 5.97. The van der Waals surface area contributed by atoms with Crippen LogP contribution in [-0.4, -0.2) is 24.2 Å². The largest absolute Gasteiger partial charge is 0.370 e. The van der Waals surface area contributed by atoms with Gasteiger partial charge >= 0.3 is 0 Å². The summed E-state index contributed by atoms with van der Waals surface area (Å²) in [6, 6.07) is 0. The summed E-state index contributed by atoms with van der Waals surface area (Å²) in [5.41, 5.74) is 5.59. The normalized spacial score (nSPS) is 18.7. The average Bonchev–Trinajstić information content (AvgIpc) is 2.76. The predicted octanol–water partition coefficient (Wildman–Crippen LogP) is 2.79. The van der Waals surface area contributed by atoms with Crippen molar-refractivity contribution in [3.05, 3.63) is 12.4 Å². The second kappa shape index (κ2) is 9.34. The van der Waals surface area contributed by atoms with Gasteiger partial charge in [0.2, 0.25) is 0 Å². The predicted molar refractivity (Wildman–Crippen MR) is 74.4 cm³/mol. The van der Waals surface area contributed by atoms with Crippen molar-refractivity contribution in [1.82, 2.24) is 10.2 Å². The van der Waals surface area contributed by atoms with E-state index in [-0.39, 0.29) is 0 Å². The fraction of sp³-hybridized carbons (Fsp3) is 0.857. The zero-order valence-corrected chi connectivity index (χ0v) is 11.3. The highest BCUT2D eigenvalue weighted by atomic mass is 15.3. The molecule has 0 saturated heterocycles. The van der Waals surface area contributed by atoms with Crippen molar-refractivity contribution in [3.8, 4) is 0 Å². The smallest absolute Gasteiger partial charge is 0.0981 e. The van der Waals surface area contributed by atoms with Gasteiger partial charge in [0.25, 0.3) is 0 Å². The Morgan fingerprint density at radius 1 is 1.12 bits per heavy atom. The molecule has 0 bridgehead atoms. The Morgan fingerprint density at radius 3 is 2.53 bits per heavy atom. The van der Waals surface area contributed by atoms with E-state index in [9.17, 15) is 0 Å². The van der Waals surface area contributed by atoms with Gasteiger partial charge in [0.15, 0.2) is 0 Å². The minimum atomic E-state index is 0.495. The molecule has 3 heteroatoms. The molecule has 1 aliphatic rings. The van der Waals surface area contributed by atoms with Crippen molar-refractivity contribution >= 4 is 0 Å². The van der Waals surface area contributed by atoms with Crippen LogP contribution in [0.2, 0.25) is 0 Å². The second-order valence-corrected chi connectivity index (χ2v) is 4.93. The molecule has 0 saturated carbocycles. The molecular weight excluding hydrogens is 210 g/mol. The van der Waals surface area contributed by atoms with Crippen molar-refractivity contribution < 1.29 is 0 Å². The van der Waals surface area contributed by atoms with Gasteiger partial charge in [-0.15, -0.1) is 0 Å². The van der Waals surface area contributed by atoms with E-state index in [0.717, 1.165) is 13.1 Å². The second-order valence-electron chi connectivity index (χ2n) is 4.93. The number of nitrogens with two attached hydrogens (primary N) is 1. The van der Waals surface area contributed by atoms with Crippen LogP contribution in [0.1, 0.15) is 58.3 Å². The van der Waals surface area contributed by atoms with Crippen LogP contribution in [0, 0.1) is 0 Å². The molecule has 17 heavy (non-hydrogen) atoms. The maximum absolute atomic E-state index is 5.59. The maximum Gasteiger partial charge on any atom is 0.0981 e. The van der Waals surface area contributed by atoms with Crippen molar-refractivity contribution in [2.45, 2.75) is 64.5 Å². The van der Waals surface area contributed by atoms with E-state index in [1.165, 1.54) is 51.4 Å². The highest BCUT2D eigenvalue weighted by Gasteiger charge is 2.16. The van der Waals surface area contributed by atoms with Crippen LogP contribution in [0.3, 0.4) is 0 Å². The lowest BCUT2D eigenvalue weighted by atomic mass is 10.1. The zero-order chi connectivity index (χ0) is 12.3. The van der Waals surface area contributed by atoms with Gasteiger partial charge in [-0.3, -0.25) is 0 Å². The van der Waals surface area contributed by atoms with E-state index in [4.69, 9.17) is 5.73 Å². The summed E-state index contributed by atoms with van der Waals surface area (Å²) in [5, 5.41) is 3.39. The molecule has 1 rings (SSSR count). The van der Waals surface area contributed by atoms with Gasteiger partial charge in [-0.05, 0) is 12.8 Å². The molecule has 0 radical (unpaired) electrons. The first kappa shape index (κ1) is 14.4. The van der Waals surface area contributed by atoms with E-state index in [1.54, 1.807) is 0 Å². The lowest BCUT2D eigenvalue weighted by Crippen LogP contribution is -2.37. The SMILES string of the molecule is CCCCCCCCCC1NC=CN1CCN. The Balaban J connectivity index is 1.95. The molecule has 0 fully saturated rings. The highest BCUT2D eigenvalue weighted by molar-refractivity contribution is 4.93. The molecule has 3 nitrogen and oxygen atoms in total. The minimum Gasteiger partial charge on any atom is -0.370 e. The number of hydrogen-bond acceptors (Lipinski definition) is 3. The molecule has 3 N–H and O–H groups in total. The average molecular weight is 239 g/mol. The van der Waals surface area contributed by atoms with Crippen LogP contribution >= 0.6 is 0 Å². The quantitative estimate of drug-likeness (QED) is 0.576. The molecule has 0 aromatic rings. The zero-order valence-electron chi connectivity index (χ0n) is 11.3. The van der Waals surface area contributed by atoms with Gasteiger partial charge in [0.05, 0.1) is 6.17 Å². The maximum atomic E-state index is 5.59. The number of unbranched alkanes of at least 4 members (excludes halogenated alkanes) is 6. The summed E-state index contributed by atoms with van der Waals surface area (Å²) in [5.74, 6) is 0. The van der Waals surface area contributed by atoms with Gasteiger partial charge < -0.3 is 16.0 Å².